The molecule has 0 fully saturated rings. The molecule has 36 heavy (non-hydrogen) atoms. The number of amides is 2. The Kier molecular flexibility index (Phi) is 7.98. The first-order chi connectivity index (χ1) is 17.4. The van der Waals surface area contributed by atoms with Crippen molar-refractivity contribution in [2.75, 3.05) is 0 Å². The molecule has 3 aromatic carbocycles. The van der Waals surface area contributed by atoms with Gasteiger partial charge in [-0.3, -0.25) is 9.59 Å². The fourth-order valence-electron chi connectivity index (χ4n) is 4.08. The minimum absolute atomic E-state index is 0.0454. The molecular weight excluding hydrogens is 472 g/mol. The number of halogens is 1. The third kappa shape index (κ3) is 6.09. The number of benzene rings is 3. The number of hydrazone groups is 1. The lowest BCUT2D eigenvalue weighted by Gasteiger charge is -2.18. The average Bonchev–Trinajstić information content (AvgIpc) is 3.17. The summed E-state index contributed by atoms with van der Waals surface area (Å²) in [5, 5.41) is 7.82. The van der Waals surface area contributed by atoms with Gasteiger partial charge in [0.25, 0.3) is 5.91 Å². The first-order valence-corrected chi connectivity index (χ1v) is 12.0. The Morgan fingerprint density at radius 1 is 0.944 bits per heavy atom. The van der Waals surface area contributed by atoms with E-state index in [1.165, 1.54) is 0 Å². The van der Waals surface area contributed by atoms with Crippen molar-refractivity contribution in [3.05, 3.63) is 124 Å². The van der Waals surface area contributed by atoms with Gasteiger partial charge in [-0.25, -0.2) is 5.43 Å². The second kappa shape index (κ2) is 11.5. The molecule has 2 amide bonds. The van der Waals surface area contributed by atoms with E-state index in [0.29, 0.717) is 10.6 Å². The SMILES string of the molecule is Cc1cc(/C=N\NC(=O)C[C@H](NC(=O)c2ccccc2)c2ccccc2)c(C)n1-c1ccc(Cl)cc1. The van der Waals surface area contributed by atoms with Crippen LogP contribution in [0.2, 0.25) is 5.02 Å². The van der Waals surface area contributed by atoms with E-state index in [9.17, 15) is 9.59 Å². The molecule has 7 heteroatoms. The smallest absolute Gasteiger partial charge is 0.251 e. The normalized spacial score (nSPS) is 11.9. The summed E-state index contributed by atoms with van der Waals surface area (Å²) in [5.74, 6) is -0.546. The molecule has 1 heterocycles. The predicted molar refractivity (Wildman–Crippen MR) is 144 cm³/mol. The third-order valence-electron chi connectivity index (χ3n) is 5.88. The molecule has 0 unspecified atom stereocenters. The maximum absolute atomic E-state index is 12.8. The van der Waals surface area contributed by atoms with Crippen molar-refractivity contribution in [1.29, 1.82) is 0 Å². The molecule has 6 nitrogen and oxygen atoms in total. The maximum atomic E-state index is 12.8. The van der Waals surface area contributed by atoms with E-state index in [-0.39, 0.29) is 18.2 Å². The summed E-state index contributed by atoms with van der Waals surface area (Å²) in [6, 6.07) is 27.5. The van der Waals surface area contributed by atoms with Crippen molar-refractivity contribution in [1.82, 2.24) is 15.3 Å². The Morgan fingerprint density at radius 2 is 1.58 bits per heavy atom. The second-order valence-corrected chi connectivity index (χ2v) is 8.87. The van der Waals surface area contributed by atoms with E-state index in [1.54, 1.807) is 30.5 Å². The lowest BCUT2D eigenvalue weighted by atomic mass is 10.0. The molecule has 0 saturated carbocycles. The number of rotatable bonds is 8. The van der Waals surface area contributed by atoms with Crippen LogP contribution in [0, 0.1) is 13.8 Å². The van der Waals surface area contributed by atoms with Crippen LogP contribution in [-0.2, 0) is 4.79 Å². The highest BCUT2D eigenvalue weighted by atomic mass is 35.5. The van der Waals surface area contributed by atoms with E-state index >= 15 is 0 Å². The Bertz CT molecular complexity index is 1360. The van der Waals surface area contributed by atoms with Crippen LogP contribution >= 0.6 is 11.6 Å². The first kappa shape index (κ1) is 24.9. The van der Waals surface area contributed by atoms with Gasteiger partial charge in [-0.1, -0.05) is 60.1 Å². The van der Waals surface area contributed by atoms with Gasteiger partial charge < -0.3 is 9.88 Å². The van der Waals surface area contributed by atoms with Crippen molar-refractivity contribution in [3.8, 4) is 5.69 Å². The van der Waals surface area contributed by atoms with Crippen LogP contribution in [0.4, 0.5) is 0 Å². The molecule has 1 atom stereocenters. The molecule has 0 radical (unpaired) electrons. The molecule has 0 saturated heterocycles. The van der Waals surface area contributed by atoms with Gasteiger partial charge in [-0.05, 0) is 61.9 Å². The molecule has 0 bridgehead atoms. The van der Waals surface area contributed by atoms with Gasteiger partial charge in [0, 0.05) is 33.2 Å². The van der Waals surface area contributed by atoms with Gasteiger partial charge in [0.2, 0.25) is 5.91 Å². The highest BCUT2D eigenvalue weighted by molar-refractivity contribution is 6.30. The Labute approximate surface area is 215 Å². The minimum Gasteiger partial charge on any atom is -0.345 e. The molecule has 0 aliphatic heterocycles. The summed E-state index contributed by atoms with van der Waals surface area (Å²) in [6.45, 7) is 4.01. The van der Waals surface area contributed by atoms with E-state index in [0.717, 1.165) is 28.2 Å². The van der Waals surface area contributed by atoms with Crippen LogP contribution in [0.1, 0.15) is 45.3 Å². The number of hydrogen-bond donors (Lipinski definition) is 2. The minimum atomic E-state index is -0.496. The molecule has 1 aromatic heterocycles. The van der Waals surface area contributed by atoms with E-state index < -0.39 is 6.04 Å². The number of carbonyl (C=O) groups excluding carboxylic acids is 2. The molecule has 4 rings (SSSR count). The number of aromatic nitrogens is 1. The van der Waals surface area contributed by atoms with Gasteiger partial charge >= 0.3 is 0 Å². The molecule has 4 aromatic rings. The van der Waals surface area contributed by atoms with Crippen molar-refractivity contribution in [2.24, 2.45) is 5.10 Å². The molecule has 182 valence electrons. The van der Waals surface area contributed by atoms with E-state index in [4.69, 9.17) is 11.6 Å². The van der Waals surface area contributed by atoms with Gasteiger partial charge in [0.1, 0.15) is 0 Å². The fourth-order valence-corrected chi connectivity index (χ4v) is 4.21. The van der Waals surface area contributed by atoms with E-state index in [1.807, 2.05) is 80.6 Å². The number of hydrogen-bond acceptors (Lipinski definition) is 3. The van der Waals surface area contributed by atoms with Gasteiger partial charge in [-0.15, -0.1) is 0 Å². The van der Waals surface area contributed by atoms with Crippen LogP contribution in [0.3, 0.4) is 0 Å². The number of nitrogens with one attached hydrogen (secondary N) is 2. The quantitative estimate of drug-likeness (QED) is 0.239. The average molecular weight is 499 g/mol. The molecular formula is C29H27ClN4O2. The van der Waals surface area contributed by atoms with Crippen LogP contribution in [0.15, 0.2) is 96.1 Å². The Hall–Kier alpha value is -4.16. The monoisotopic (exact) mass is 498 g/mol. The first-order valence-electron chi connectivity index (χ1n) is 11.6. The Balaban J connectivity index is 1.44. The molecule has 0 spiro atoms. The lowest BCUT2D eigenvalue weighted by molar-refractivity contribution is -0.121. The zero-order chi connectivity index (χ0) is 25.5. The summed E-state index contributed by atoms with van der Waals surface area (Å²) in [5.41, 5.74) is 7.89. The summed E-state index contributed by atoms with van der Waals surface area (Å²) < 4.78 is 2.10. The largest absolute Gasteiger partial charge is 0.345 e. The van der Waals surface area contributed by atoms with Gasteiger partial charge in [-0.2, -0.15) is 5.10 Å². The van der Waals surface area contributed by atoms with Crippen LogP contribution in [-0.4, -0.2) is 22.6 Å². The second-order valence-electron chi connectivity index (χ2n) is 8.44. The van der Waals surface area contributed by atoms with E-state index in [2.05, 4.69) is 20.4 Å². The van der Waals surface area contributed by atoms with Gasteiger partial charge in [0.15, 0.2) is 0 Å². The summed E-state index contributed by atoms with van der Waals surface area (Å²) in [4.78, 5) is 25.5. The lowest BCUT2D eigenvalue weighted by Crippen LogP contribution is -2.32. The predicted octanol–water partition coefficient (Wildman–Crippen LogP) is 5.76. The van der Waals surface area contributed by atoms with Crippen molar-refractivity contribution in [3.63, 3.8) is 0 Å². The number of nitrogens with zero attached hydrogens (tertiary/aromatic N) is 2. The Morgan fingerprint density at radius 3 is 2.25 bits per heavy atom. The highest BCUT2D eigenvalue weighted by Crippen LogP contribution is 2.21. The molecule has 0 aliphatic rings. The van der Waals surface area contributed by atoms with Crippen LogP contribution < -0.4 is 10.7 Å². The summed E-state index contributed by atoms with van der Waals surface area (Å²) >= 11 is 6.02. The van der Waals surface area contributed by atoms with Crippen LogP contribution in [0.5, 0.6) is 0 Å². The maximum Gasteiger partial charge on any atom is 0.251 e. The summed E-state index contributed by atoms with van der Waals surface area (Å²) in [6.07, 6.45) is 1.68. The van der Waals surface area contributed by atoms with Crippen molar-refractivity contribution >= 4 is 29.6 Å². The highest BCUT2D eigenvalue weighted by Gasteiger charge is 2.19. The fraction of sp³-hybridized carbons (Fsp3) is 0.138. The summed E-state index contributed by atoms with van der Waals surface area (Å²) in [7, 11) is 0. The third-order valence-corrected chi connectivity index (χ3v) is 6.13. The molecule has 2 N–H and O–H groups in total. The number of aryl methyl sites for hydroxylation is 1. The topological polar surface area (TPSA) is 75.5 Å². The standard InChI is InChI=1S/C29H27ClN4O2/c1-20-17-24(21(2)34(20)26-15-13-25(30)14-16-26)19-31-33-28(35)18-27(22-9-5-3-6-10-22)32-29(36)23-11-7-4-8-12-23/h3-17,19,27H,18H2,1-2H3,(H,32,36)(H,33,35)/b31-19-/t27-/m0/s1. The zero-order valence-corrected chi connectivity index (χ0v) is 20.9. The van der Waals surface area contributed by atoms with Crippen LogP contribution in [0.25, 0.3) is 5.69 Å². The van der Waals surface area contributed by atoms with Gasteiger partial charge in [0.05, 0.1) is 18.7 Å². The zero-order valence-electron chi connectivity index (χ0n) is 20.1. The van der Waals surface area contributed by atoms with Crippen molar-refractivity contribution in [2.45, 2.75) is 26.3 Å². The number of carbonyl (C=O) groups is 2. The molecule has 0 aliphatic carbocycles. The van der Waals surface area contributed by atoms with Crippen molar-refractivity contribution < 1.29 is 9.59 Å².